The Balaban J connectivity index is 2.26. The molecule has 0 atom stereocenters. The fraction of sp³-hybridized carbons (Fsp3) is 0.444. The molecular weight excluding hydrogens is 342 g/mol. The minimum Gasteiger partial charge on any atom is -0.497 e. The summed E-state index contributed by atoms with van der Waals surface area (Å²) in [7, 11) is 1.58. The highest BCUT2D eigenvalue weighted by molar-refractivity contribution is 7.21. The number of hydrogen-bond donors (Lipinski definition) is 1. The van der Waals surface area contributed by atoms with Crippen LogP contribution in [0, 0.1) is 0 Å². The number of fused-ring (bicyclic) bond motifs is 1. The predicted molar refractivity (Wildman–Crippen MR) is 97.2 cm³/mol. The third-order valence-corrected chi connectivity index (χ3v) is 4.55. The van der Waals surface area contributed by atoms with Crippen molar-refractivity contribution >= 4 is 33.3 Å². The van der Waals surface area contributed by atoms with E-state index in [0.717, 1.165) is 22.9 Å². The van der Waals surface area contributed by atoms with Crippen molar-refractivity contribution in [2.24, 2.45) is 0 Å². The first-order valence-corrected chi connectivity index (χ1v) is 9.05. The van der Waals surface area contributed by atoms with Crippen LogP contribution in [0.25, 0.3) is 10.1 Å². The monoisotopic (exact) mass is 365 g/mol. The molecule has 0 fully saturated rings. The smallest absolute Gasteiger partial charge is 0.332 e. The second kappa shape index (κ2) is 8.71. The van der Waals surface area contributed by atoms with Crippen LogP contribution in [0.3, 0.4) is 0 Å². The molecule has 2 rings (SSSR count). The zero-order valence-electron chi connectivity index (χ0n) is 14.9. The van der Waals surface area contributed by atoms with E-state index in [4.69, 9.17) is 14.3 Å². The molecule has 6 nitrogen and oxygen atoms in total. The summed E-state index contributed by atoms with van der Waals surface area (Å²) in [5, 5.41) is 0.792. The Hall–Kier alpha value is -2.28. The van der Waals surface area contributed by atoms with Crippen LogP contribution in [-0.2, 0) is 9.63 Å². The van der Waals surface area contributed by atoms with Gasteiger partial charge in [-0.3, -0.25) is 4.79 Å². The number of carbonyl (C=O) groups excluding carboxylic acids is 2. The van der Waals surface area contributed by atoms with E-state index in [1.807, 2.05) is 39.0 Å². The van der Waals surface area contributed by atoms with Gasteiger partial charge in [0.25, 0.3) is 5.91 Å². The van der Waals surface area contributed by atoms with Crippen molar-refractivity contribution in [2.75, 3.05) is 7.11 Å². The van der Waals surface area contributed by atoms with E-state index >= 15 is 0 Å². The first-order chi connectivity index (χ1) is 12.0. The van der Waals surface area contributed by atoms with Crippen LogP contribution in [0.2, 0.25) is 0 Å². The topological polar surface area (TPSA) is 73.9 Å². The lowest BCUT2D eigenvalue weighted by Gasteiger charge is -2.11. The number of nitrogens with one attached hydrogen (secondary N) is 1. The summed E-state index contributed by atoms with van der Waals surface area (Å²) in [6.45, 7) is 5.75. The van der Waals surface area contributed by atoms with Crippen molar-refractivity contribution in [3.63, 3.8) is 0 Å². The molecule has 0 radical (unpaired) electrons. The molecule has 136 valence electrons. The molecule has 1 amide bonds. The van der Waals surface area contributed by atoms with Gasteiger partial charge < -0.3 is 14.3 Å². The molecule has 0 aliphatic rings. The van der Waals surface area contributed by atoms with E-state index in [2.05, 4.69) is 5.48 Å². The lowest BCUT2D eigenvalue weighted by Crippen LogP contribution is -2.27. The third-order valence-electron chi connectivity index (χ3n) is 3.40. The van der Waals surface area contributed by atoms with Crippen molar-refractivity contribution in [3.8, 4) is 11.5 Å². The number of hydroxylamine groups is 1. The van der Waals surface area contributed by atoms with Gasteiger partial charge in [-0.2, -0.15) is 5.48 Å². The van der Waals surface area contributed by atoms with E-state index in [1.54, 1.807) is 7.11 Å². The molecule has 25 heavy (non-hydrogen) atoms. The quantitative estimate of drug-likeness (QED) is 0.749. The maximum absolute atomic E-state index is 12.5. The Labute approximate surface area is 151 Å². The van der Waals surface area contributed by atoms with Gasteiger partial charge in [0.15, 0.2) is 5.75 Å². The highest BCUT2D eigenvalue weighted by Gasteiger charge is 2.22. The molecule has 7 heteroatoms. The Bertz CT molecular complexity index is 753. The van der Waals surface area contributed by atoms with Crippen molar-refractivity contribution in [1.82, 2.24) is 5.48 Å². The molecule has 1 aromatic heterocycles. The Kier molecular flexibility index (Phi) is 6.64. The van der Waals surface area contributed by atoms with E-state index in [1.165, 1.54) is 11.3 Å². The van der Waals surface area contributed by atoms with Crippen LogP contribution in [-0.4, -0.2) is 25.1 Å². The predicted octanol–water partition coefficient (Wildman–Crippen LogP) is 4.08. The summed E-state index contributed by atoms with van der Waals surface area (Å²) >= 11 is 1.28. The Morgan fingerprint density at radius 2 is 2.04 bits per heavy atom. The summed E-state index contributed by atoms with van der Waals surface area (Å²) in [5.74, 6) is 0.192. The molecule has 1 aromatic carbocycles. The van der Waals surface area contributed by atoms with Gasteiger partial charge in [0, 0.05) is 16.5 Å². The lowest BCUT2D eigenvalue weighted by molar-refractivity contribution is -0.149. The highest BCUT2D eigenvalue weighted by atomic mass is 32.1. The van der Waals surface area contributed by atoms with Crippen molar-refractivity contribution < 1.29 is 23.9 Å². The highest BCUT2D eigenvalue weighted by Crippen LogP contribution is 2.40. The van der Waals surface area contributed by atoms with Crippen LogP contribution in [0.5, 0.6) is 11.5 Å². The first-order valence-electron chi connectivity index (χ1n) is 8.23. The maximum Gasteiger partial charge on any atom is 0.332 e. The number of unbranched alkanes of at least 4 members (excludes halogenated alkanes) is 1. The zero-order valence-corrected chi connectivity index (χ0v) is 15.7. The van der Waals surface area contributed by atoms with Crippen LogP contribution in [0.4, 0.5) is 0 Å². The summed E-state index contributed by atoms with van der Waals surface area (Å²) < 4.78 is 12.0. The van der Waals surface area contributed by atoms with Gasteiger partial charge in [-0.05, 0) is 38.5 Å². The third kappa shape index (κ3) is 4.85. The van der Waals surface area contributed by atoms with Gasteiger partial charge in [-0.25, -0.2) is 4.79 Å². The average Bonchev–Trinajstić information content (AvgIpc) is 2.94. The van der Waals surface area contributed by atoms with E-state index in [0.29, 0.717) is 16.4 Å². The molecule has 0 saturated heterocycles. The molecule has 2 aromatic rings. The normalized spacial score (nSPS) is 10.8. The van der Waals surface area contributed by atoms with Gasteiger partial charge in [0.05, 0.1) is 13.2 Å². The number of ether oxygens (including phenoxy) is 2. The molecular formula is C18H23NO5S. The second-order valence-electron chi connectivity index (χ2n) is 5.80. The fourth-order valence-corrected chi connectivity index (χ4v) is 3.21. The SMILES string of the molecule is CCCCC(=O)ONC(=O)c1sc2ccc(OC)cc2c1OC(C)C. The van der Waals surface area contributed by atoms with Gasteiger partial charge in [0.2, 0.25) is 0 Å². The standard InChI is InChI=1S/C18H23NO5S/c1-5-6-7-15(20)24-19-18(21)17-16(23-11(2)3)13-10-12(22-4)8-9-14(13)25-17/h8-11H,5-7H2,1-4H3,(H,19,21). The minimum absolute atomic E-state index is 0.109. The molecule has 0 saturated carbocycles. The summed E-state index contributed by atoms with van der Waals surface area (Å²) in [6.07, 6.45) is 1.77. The number of benzene rings is 1. The largest absolute Gasteiger partial charge is 0.497 e. The number of thiophene rings is 1. The summed E-state index contributed by atoms with van der Waals surface area (Å²) in [6, 6.07) is 5.52. The molecule has 0 aliphatic heterocycles. The van der Waals surface area contributed by atoms with E-state index in [9.17, 15) is 9.59 Å². The Morgan fingerprint density at radius 3 is 2.68 bits per heavy atom. The molecule has 0 spiro atoms. The molecule has 0 aliphatic carbocycles. The Morgan fingerprint density at radius 1 is 1.28 bits per heavy atom. The summed E-state index contributed by atoms with van der Waals surface area (Å²) in [4.78, 5) is 29.2. The van der Waals surface area contributed by atoms with Crippen molar-refractivity contribution in [1.29, 1.82) is 0 Å². The fourth-order valence-electron chi connectivity index (χ4n) is 2.21. The number of carbonyl (C=O) groups is 2. The number of amides is 1. The molecule has 0 bridgehead atoms. The lowest BCUT2D eigenvalue weighted by atomic mass is 10.2. The first kappa shape index (κ1) is 19.1. The van der Waals surface area contributed by atoms with Gasteiger partial charge in [0.1, 0.15) is 10.6 Å². The van der Waals surface area contributed by atoms with Gasteiger partial charge in [-0.1, -0.05) is 13.3 Å². The van der Waals surface area contributed by atoms with E-state index in [-0.39, 0.29) is 12.5 Å². The van der Waals surface area contributed by atoms with Crippen LogP contribution in [0.15, 0.2) is 18.2 Å². The van der Waals surface area contributed by atoms with Crippen LogP contribution in [0.1, 0.15) is 49.7 Å². The molecule has 1 N–H and O–H groups in total. The minimum atomic E-state index is -0.499. The van der Waals surface area contributed by atoms with Crippen molar-refractivity contribution in [2.45, 2.75) is 46.1 Å². The number of hydrogen-bond acceptors (Lipinski definition) is 6. The zero-order chi connectivity index (χ0) is 18.4. The van der Waals surface area contributed by atoms with Crippen LogP contribution >= 0.6 is 11.3 Å². The van der Waals surface area contributed by atoms with E-state index < -0.39 is 11.9 Å². The van der Waals surface area contributed by atoms with Gasteiger partial charge in [-0.15, -0.1) is 11.3 Å². The molecule has 1 heterocycles. The van der Waals surface area contributed by atoms with Crippen molar-refractivity contribution in [3.05, 3.63) is 23.1 Å². The average molecular weight is 365 g/mol. The number of rotatable bonds is 7. The van der Waals surface area contributed by atoms with Gasteiger partial charge >= 0.3 is 5.97 Å². The second-order valence-corrected chi connectivity index (χ2v) is 6.85. The summed E-state index contributed by atoms with van der Waals surface area (Å²) in [5.41, 5.74) is 2.22. The molecule has 0 unspecified atom stereocenters. The number of methoxy groups -OCH3 is 1. The maximum atomic E-state index is 12.5. The van der Waals surface area contributed by atoms with Crippen LogP contribution < -0.4 is 15.0 Å².